The fourth-order valence-electron chi connectivity index (χ4n) is 4.37. The predicted molar refractivity (Wildman–Crippen MR) is 151 cm³/mol. The summed E-state index contributed by atoms with van der Waals surface area (Å²) >= 11 is 1.66. The van der Waals surface area contributed by atoms with Gasteiger partial charge in [0.1, 0.15) is 5.75 Å². The Labute approximate surface area is 221 Å². The van der Waals surface area contributed by atoms with Gasteiger partial charge in [-0.1, -0.05) is 107 Å². The second-order valence-electron chi connectivity index (χ2n) is 9.62. The van der Waals surface area contributed by atoms with Gasteiger partial charge >= 0.3 is 0 Å². The van der Waals surface area contributed by atoms with Gasteiger partial charge in [-0.3, -0.25) is 4.79 Å². The first kappa shape index (κ1) is 27.9. The number of unbranched alkanes of at least 4 members (excludes halogenated alkanes) is 11. The summed E-state index contributed by atoms with van der Waals surface area (Å²) < 4.78 is 8.06. The number of thiazole rings is 1. The molecule has 1 amide bonds. The van der Waals surface area contributed by atoms with Crippen molar-refractivity contribution >= 4 is 22.9 Å². The number of rotatable bonds is 18. The fourth-order valence-corrected chi connectivity index (χ4v) is 4.97. The standard InChI is InChI=1S/C31H42N2O2S/c1-2-3-4-5-6-7-8-9-10-11-12-13-21-35-30-19-15-18-29(24-30)32-31(34)28-17-14-16-27(23-28)25-33-20-22-36-26-33/h14-20,22-24,26H,2-13,21,25H2,1H3/p+1. The van der Waals surface area contributed by atoms with Gasteiger partial charge in [0.05, 0.1) is 12.0 Å². The summed E-state index contributed by atoms with van der Waals surface area (Å²) in [6.45, 7) is 3.75. The molecule has 0 spiro atoms. The molecule has 1 heterocycles. The molecule has 3 rings (SSSR count). The van der Waals surface area contributed by atoms with Crippen molar-refractivity contribution in [3.05, 3.63) is 76.7 Å². The van der Waals surface area contributed by atoms with Crippen molar-refractivity contribution in [3.63, 3.8) is 0 Å². The number of carbonyl (C=O) groups excluding carboxylic acids is 1. The van der Waals surface area contributed by atoms with Crippen LogP contribution in [0.2, 0.25) is 0 Å². The van der Waals surface area contributed by atoms with Gasteiger partial charge in [0.25, 0.3) is 5.91 Å². The maximum Gasteiger partial charge on any atom is 0.255 e. The molecule has 0 saturated carbocycles. The highest BCUT2D eigenvalue weighted by atomic mass is 32.1. The van der Waals surface area contributed by atoms with Crippen LogP contribution in [0.1, 0.15) is 99.9 Å². The Morgan fingerprint density at radius 1 is 0.861 bits per heavy atom. The molecule has 1 N–H and O–H groups in total. The van der Waals surface area contributed by atoms with E-state index in [0.717, 1.165) is 36.6 Å². The van der Waals surface area contributed by atoms with Gasteiger partial charge in [0.15, 0.2) is 12.7 Å². The third kappa shape index (κ3) is 10.9. The lowest BCUT2D eigenvalue weighted by atomic mass is 10.1. The van der Waals surface area contributed by atoms with Gasteiger partial charge in [-0.15, -0.1) is 0 Å². The van der Waals surface area contributed by atoms with E-state index in [4.69, 9.17) is 4.74 Å². The first-order valence-electron chi connectivity index (χ1n) is 13.8. The van der Waals surface area contributed by atoms with Crippen LogP contribution >= 0.6 is 11.3 Å². The predicted octanol–water partition coefficient (Wildman–Crippen LogP) is 8.42. The van der Waals surface area contributed by atoms with Gasteiger partial charge in [-0.2, -0.15) is 4.57 Å². The summed E-state index contributed by atoms with van der Waals surface area (Å²) in [5.74, 6) is 0.698. The Morgan fingerprint density at radius 2 is 1.56 bits per heavy atom. The summed E-state index contributed by atoms with van der Waals surface area (Å²) in [5, 5.41) is 5.06. The zero-order valence-corrected chi connectivity index (χ0v) is 22.7. The average Bonchev–Trinajstić information content (AvgIpc) is 3.40. The molecule has 36 heavy (non-hydrogen) atoms. The number of nitrogens with zero attached hydrogens (tertiary/aromatic N) is 1. The van der Waals surface area contributed by atoms with E-state index in [9.17, 15) is 4.79 Å². The van der Waals surface area contributed by atoms with Gasteiger partial charge in [-0.05, 0) is 30.7 Å². The topological polar surface area (TPSA) is 42.2 Å². The van der Waals surface area contributed by atoms with E-state index in [2.05, 4.69) is 22.3 Å². The Morgan fingerprint density at radius 3 is 2.25 bits per heavy atom. The molecular formula is C31H43N2O2S+. The Bertz CT molecular complexity index is 1000. The minimum Gasteiger partial charge on any atom is -0.494 e. The lowest BCUT2D eigenvalue weighted by Gasteiger charge is -2.10. The molecule has 0 saturated heterocycles. The zero-order valence-electron chi connectivity index (χ0n) is 21.9. The third-order valence-corrected chi connectivity index (χ3v) is 7.11. The van der Waals surface area contributed by atoms with E-state index in [-0.39, 0.29) is 5.91 Å². The van der Waals surface area contributed by atoms with Crippen molar-refractivity contribution in [3.8, 4) is 5.75 Å². The maximum absolute atomic E-state index is 12.8. The Kier molecular flexibility index (Phi) is 13.1. The van der Waals surface area contributed by atoms with E-state index >= 15 is 0 Å². The van der Waals surface area contributed by atoms with Crippen molar-refractivity contribution in [2.45, 2.75) is 90.5 Å². The molecule has 5 heteroatoms. The van der Waals surface area contributed by atoms with Gasteiger partial charge in [0, 0.05) is 22.9 Å². The molecule has 1 aromatic heterocycles. The molecule has 4 nitrogen and oxygen atoms in total. The normalized spacial score (nSPS) is 10.9. The number of anilines is 1. The first-order valence-corrected chi connectivity index (χ1v) is 14.7. The number of hydrogen-bond acceptors (Lipinski definition) is 3. The molecule has 2 aromatic carbocycles. The highest BCUT2D eigenvalue weighted by molar-refractivity contribution is 7.07. The van der Waals surface area contributed by atoms with E-state index < -0.39 is 0 Å². The summed E-state index contributed by atoms with van der Waals surface area (Å²) in [6.07, 6.45) is 18.1. The summed E-state index contributed by atoms with van der Waals surface area (Å²) in [4.78, 5) is 12.8. The second-order valence-corrected chi connectivity index (χ2v) is 10.4. The van der Waals surface area contributed by atoms with Crippen molar-refractivity contribution in [1.82, 2.24) is 0 Å². The van der Waals surface area contributed by atoms with E-state index in [1.54, 1.807) is 11.3 Å². The lowest BCUT2D eigenvalue weighted by molar-refractivity contribution is -0.683. The van der Waals surface area contributed by atoms with Crippen molar-refractivity contribution in [1.29, 1.82) is 0 Å². The zero-order chi connectivity index (χ0) is 25.3. The Balaban J connectivity index is 1.30. The molecule has 0 atom stereocenters. The summed E-state index contributed by atoms with van der Waals surface area (Å²) in [7, 11) is 0. The van der Waals surface area contributed by atoms with Crippen LogP contribution in [0.5, 0.6) is 5.75 Å². The van der Waals surface area contributed by atoms with Crippen LogP contribution in [0.3, 0.4) is 0 Å². The second kappa shape index (κ2) is 16.9. The first-order chi connectivity index (χ1) is 17.7. The molecule has 0 radical (unpaired) electrons. The molecule has 0 aliphatic carbocycles. The molecule has 0 fully saturated rings. The molecule has 0 bridgehead atoms. The maximum atomic E-state index is 12.8. The summed E-state index contributed by atoms with van der Waals surface area (Å²) in [6, 6.07) is 15.5. The Hall–Kier alpha value is -2.66. The van der Waals surface area contributed by atoms with Gasteiger partial charge in [-0.25, -0.2) is 0 Å². The van der Waals surface area contributed by atoms with Crippen LogP contribution in [0, 0.1) is 0 Å². The summed E-state index contributed by atoms with van der Waals surface area (Å²) in [5.41, 5.74) is 4.58. The van der Waals surface area contributed by atoms with Crippen LogP contribution in [-0.4, -0.2) is 12.5 Å². The number of amides is 1. The third-order valence-electron chi connectivity index (χ3n) is 6.44. The number of aromatic nitrogens is 1. The van der Waals surface area contributed by atoms with Crippen LogP contribution in [0.25, 0.3) is 0 Å². The number of hydrogen-bond donors (Lipinski definition) is 1. The molecular weight excluding hydrogens is 464 g/mol. The fraction of sp³-hybridized carbons (Fsp3) is 0.484. The van der Waals surface area contributed by atoms with Crippen LogP contribution in [0.4, 0.5) is 5.69 Å². The van der Waals surface area contributed by atoms with E-state index in [1.165, 1.54) is 70.6 Å². The lowest BCUT2D eigenvalue weighted by Crippen LogP contribution is -2.30. The van der Waals surface area contributed by atoms with Crippen LogP contribution in [0.15, 0.2) is 65.6 Å². The molecule has 0 aliphatic heterocycles. The van der Waals surface area contributed by atoms with Crippen molar-refractivity contribution < 1.29 is 14.1 Å². The van der Waals surface area contributed by atoms with E-state index in [0.29, 0.717) is 5.56 Å². The molecule has 0 aliphatic rings. The molecule has 3 aromatic rings. The molecule has 0 unspecified atom stereocenters. The highest BCUT2D eigenvalue weighted by Gasteiger charge is 2.10. The molecule has 194 valence electrons. The minimum absolute atomic E-state index is 0.106. The van der Waals surface area contributed by atoms with Gasteiger partial charge in [0.2, 0.25) is 5.51 Å². The number of carbonyl (C=O) groups is 1. The van der Waals surface area contributed by atoms with Crippen LogP contribution in [-0.2, 0) is 6.54 Å². The average molecular weight is 508 g/mol. The van der Waals surface area contributed by atoms with Crippen molar-refractivity contribution in [2.24, 2.45) is 0 Å². The van der Waals surface area contributed by atoms with Crippen molar-refractivity contribution in [2.75, 3.05) is 11.9 Å². The number of benzene rings is 2. The smallest absolute Gasteiger partial charge is 0.255 e. The van der Waals surface area contributed by atoms with E-state index in [1.807, 2.05) is 60.1 Å². The monoisotopic (exact) mass is 507 g/mol. The number of nitrogens with one attached hydrogen (secondary N) is 1. The SMILES string of the molecule is CCCCCCCCCCCCCCOc1cccc(NC(=O)c2cccc(C[n+]3ccsc3)c2)c1. The van der Waals surface area contributed by atoms with Gasteiger partial charge < -0.3 is 10.1 Å². The number of ether oxygens (including phenoxy) is 1. The minimum atomic E-state index is -0.106. The quantitative estimate of drug-likeness (QED) is 0.139. The van der Waals surface area contributed by atoms with Crippen LogP contribution < -0.4 is 14.6 Å². The highest BCUT2D eigenvalue weighted by Crippen LogP contribution is 2.19. The largest absolute Gasteiger partial charge is 0.494 e.